The molecule has 2 amide bonds. The first-order valence-electron chi connectivity index (χ1n) is 5.11. The Morgan fingerprint density at radius 1 is 1.17 bits per heavy atom. The van der Waals surface area contributed by atoms with Gasteiger partial charge in [-0.15, -0.1) is 0 Å². The van der Waals surface area contributed by atoms with Crippen LogP contribution in [0.3, 0.4) is 0 Å². The van der Waals surface area contributed by atoms with Crippen LogP contribution in [-0.4, -0.2) is 39.9 Å². The Bertz CT molecular complexity index is 539. The summed E-state index contributed by atoms with van der Waals surface area (Å²) in [6.07, 6.45) is 1.70. The fourth-order valence-electron chi connectivity index (χ4n) is 1.52. The molecule has 1 saturated heterocycles. The first-order valence-corrected chi connectivity index (χ1v) is 6.82. The van der Waals surface area contributed by atoms with Crippen molar-refractivity contribution in [3.05, 3.63) is 28.2 Å². The monoisotopic (exact) mass is 313 g/mol. The fourth-order valence-corrected chi connectivity index (χ4v) is 2.95. The number of hydrogen-bond acceptors (Lipinski definition) is 4. The molecule has 1 aliphatic heterocycles. The van der Waals surface area contributed by atoms with Crippen molar-refractivity contribution in [2.24, 2.45) is 0 Å². The third kappa shape index (κ3) is 2.55. The van der Waals surface area contributed by atoms with E-state index in [4.69, 9.17) is 9.47 Å². The Balaban J connectivity index is 2.32. The van der Waals surface area contributed by atoms with Crippen molar-refractivity contribution in [1.82, 2.24) is 5.32 Å². The summed E-state index contributed by atoms with van der Waals surface area (Å²) in [5.74, 6) is 0.899. The van der Waals surface area contributed by atoms with Crippen molar-refractivity contribution in [2.45, 2.75) is 0 Å². The van der Waals surface area contributed by atoms with Crippen molar-refractivity contribution in [1.29, 1.82) is 0 Å². The molecule has 5 nitrogen and oxygen atoms in total. The number of nitrogens with one attached hydrogen (secondary N) is 1. The van der Waals surface area contributed by atoms with Crippen molar-refractivity contribution >= 4 is 31.7 Å². The van der Waals surface area contributed by atoms with Crippen LogP contribution in [0.25, 0.3) is 6.08 Å². The van der Waals surface area contributed by atoms with Gasteiger partial charge in [-0.3, -0.25) is 0 Å². The van der Waals surface area contributed by atoms with Gasteiger partial charge in [-0.25, -0.2) is 0 Å². The number of hydrogen-bond donors (Lipinski definition) is 1. The standard InChI is InChI=1S/C12H11NO4Se/c1-16-8-4-3-7(5-9(8)17-2)6-10-11(14)13-12(15)18-10/h3-6H,1-2H3,(H,13,14,15)/b10-6+. The van der Waals surface area contributed by atoms with Crippen molar-refractivity contribution in [3.8, 4) is 11.5 Å². The van der Waals surface area contributed by atoms with E-state index in [9.17, 15) is 9.59 Å². The van der Waals surface area contributed by atoms with Gasteiger partial charge in [0.05, 0.1) is 0 Å². The summed E-state index contributed by atoms with van der Waals surface area (Å²) in [7, 11) is 3.10. The molecule has 1 fully saturated rings. The number of carbonyl (C=O) groups excluding carboxylic acids is 2. The first kappa shape index (κ1) is 12.7. The molecule has 94 valence electrons. The summed E-state index contributed by atoms with van der Waals surface area (Å²) in [5.41, 5.74) is 0.800. The van der Waals surface area contributed by atoms with Gasteiger partial charge in [0.2, 0.25) is 0 Å². The molecular weight excluding hydrogens is 301 g/mol. The predicted octanol–water partition coefficient (Wildman–Crippen LogP) is 0.999. The second kappa shape index (κ2) is 5.25. The molecule has 1 aliphatic rings. The number of methoxy groups -OCH3 is 2. The Kier molecular flexibility index (Phi) is 3.69. The first-order chi connectivity index (χ1) is 8.63. The van der Waals surface area contributed by atoms with E-state index in [1.165, 1.54) is 0 Å². The third-order valence-corrected chi connectivity index (χ3v) is 4.05. The zero-order valence-corrected chi connectivity index (χ0v) is 11.6. The average molecular weight is 312 g/mol. The molecule has 6 heteroatoms. The van der Waals surface area contributed by atoms with Crippen molar-refractivity contribution in [2.75, 3.05) is 14.2 Å². The van der Waals surface area contributed by atoms with Crippen LogP contribution in [0.4, 0.5) is 4.79 Å². The summed E-state index contributed by atoms with van der Waals surface area (Å²) in [5, 5.41) is 2.26. The van der Waals surface area contributed by atoms with Gasteiger partial charge in [0, 0.05) is 0 Å². The van der Waals surface area contributed by atoms with Gasteiger partial charge in [-0.05, 0) is 0 Å². The Labute approximate surface area is 110 Å². The molecule has 0 aliphatic carbocycles. The Morgan fingerprint density at radius 3 is 2.44 bits per heavy atom. The molecule has 1 N–H and O–H groups in total. The summed E-state index contributed by atoms with van der Waals surface area (Å²) in [4.78, 5) is 22.3. The molecular formula is C12H11NO4Se. The normalized spacial score (nSPS) is 16.9. The van der Waals surface area contributed by atoms with E-state index in [1.54, 1.807) is 38.5 Å². The number of rotatable bonds is 3. The molecule has 0 spiro atoms. The Morgan fingerprint density at radius 2 is 1.89 bits per heavy atom. The number of imide groups is 1. The molecule has 18 heavy (non-hydrogen) atoms. The number of carbonyl (C=O) groups is 2. The van der Waals surface area contributed by atoms with E-state index in [1.807, 2.05) is 0 Å². The van der Waals surface area contributed by atoms with Crippen LogP contribution in [0.15, 0.2) is 22.7 Å². The number of ether oxygens (including phenoxy) is 2. The number of benzene rings is 1. The van der Waals surface area contributed by atoms with Crippen molar-refractivity contribution < 1.29 is 19.1 Å². The van der Waals surface area contributed by atoms with E-state index < -0.39 is 15.0 Å². The maximum atomic E-state index is 11.4. The molecule has 0 atom stereocenters. The van der Waals surface area contributed by atoms with Gasteiger partial charge in [-0.1, -0.05) is 0 Å². The van der Waals surface area contributed by atoms with Gasteiger partial charge < -0.3 is 0 Å². The van der Waals surface area contributed by atoms with E-state index in [-0.39, 0.29) is 10.7 Å². The molecule has 2 rings (SSSR count). The van der Waals surface area contributed by atoms with Gasteiger partial charge in [-0.2, -0.15) is 0 Å². The summed E-state index contributed by atoms with van der Waals surface area (Å²) in [6.45, 7) is 0. The SMILES string of the molecule is COc1ccc(/C=C2/[Se]C(=O)NC2=O)cc1OC. The van der Waals surface area contributed by atoms with Gasteiger partial charge in [0.1, 0.15) is 0 Å². The van der Waals surface area contributed by atoms with E-state index in [0.29, 0.717) is 16.0 Å². The second-order valence-electron chi connectivity index (χ2n) is 3.47. The van der Waals surface area contributed by atoms with Crippen LogP contribution in [0.2, 0.25) is 0 Å². The third-order valence-electron chi connectivity index (χ3n) is 2.35. The quantitative estimate of drug-likeness (QED) is 0.668. The minimum absolute atomic E-state index is 0.209. The zero-order chi connectivity index (χ0) is 13.1. The van der Waals surface area contributed by atoms with Crippen LogP contribution in [0.1, 0.15) is 5.56 Å². The van der Waals surface area contributed by atoms with Crippen LogP contribution < -0.4 is 14.8 Å². The maximum absolute atomic E-state index is 11.4. The average Bonchev–Trinajstić information content (AvgIpc) is 2.67. The van der Waals surface area contributed by atoms with Gasteiger partial charge >= 0.3 is 110 Å². The molecule has 0 bridgehead atoms. The van der Waals surface area contributed by atoms with Crippen LogP contribution in [0, 0.1) is 0 Å². The molecule has 0 saturated carbocycles. The zero-order valence-electron chi connectivity index (χ0n) is 9.85. The predicted molar refractivity (Wildman–Crippen MR) is 66.8 cm³/mol. The van der Waals surface area contributed by atoms with Crippen LogP contribution in [0.5, 0.6) is 11.5 Å². The van der Waals surface area contributed by atoms with Crippen LogP contribution in [-0.2, 0) is 4.79 Å². The molecule has 1 heterocycles. The minimum atomic E-state index is -0.454. The Hall–Kier alpha value is -1.78. The number of amides is 2. The molecule has 1 aromatic rings. The van der Waals surface area contributed by atoms with E-state index >= 15 is 0 Å². The van der Waals surface area contributed by atoms with Gasteiger partial charge in [0.25, 0.3) is 0 Å². The molecule has 0 aromatic heterocycles. The topological polar surface area (TPSA) is 64.6 Å². The fraction of sp³-hybridized carbons (Fsp3) is 0.167. The molecule has 1 aromatic carbocycles. The summed E-state index contributed by atoms with van der Waals surface area (Å²) >= 11 is -0.454. The molecule has 0 radical (unpaired) electrons. The van der Waals surface area contributed by atoms with Crippen molar-refractivity contribution in [3.63, 3.8) is 0 Å². The second-order valence-corrected chi connectivity index (χ2v) is 5.60. The summed E-state index contributed by atoms with van der Waals surface area (Å²) in [6, 6.07) is 5.32. The van der Waals surface area contributed by atoms with E-state index in [0.717, 1.165) is 5.56 Å². The van der Waals surface area contributed by atoms with Gasteiger partial charge in [0.15, 0.2) is 0 Å². The summed E-state index contributed by atoms with van der Waals surface area (Å²) < 4.78 is 10.8. The van der Waals surface area contributed by atoms with Crippen LogP contribution >= 0.6 is 0 Å². The molecule has 0 unspecified atom stereocenters. The van der Waals surface area contributed by atoms with E-state index in [2.05, 4.69) is 5.32 Å².